The van der Waals surface area contributed by atoms with Crippen molar-refractivity contribution in [3.05, 3.63) is 64.7 Å². The number of benzene rings is 2. The Balaban J connectivity index is 1.34. The van der Waals surface area contributed by atoms with Crippen molar-refractivity contribution >= 4 is 10.2 Å². The van der Waals surface area contributed by atoms with Gasteiger partial charge in [0, 0.05) is 27.9 Å². The zero-order valence-electron chi connectivity index (χ0n) is 19.6. The summed E-state index contributed by atoms with van der Waals surface area (Å²) in [6.45, 7) is 1.25. The second-order valence-corrected chi connectivity index (χ2v) is 10.9. The van der Waals surface area contributed by atoms with Gasteiger partial charge in [0.05, 0.1) is 5.56 Å². The van der Waals surface area contributed by atoms with E-state index in [0.717, 1.165) is 48.3 Å². The van der Waals surface area contributed by atoms with Crippen LogP contribution in [0.15, 0.2) is 36.4 Å². The van der Waals surface area contributed by atoms with E-state index in [1.165, 1.54) is 73.9 Å². The molecule has 0 heterocycles. The molecular weight excluding hydrogens is 444 g/mol. The van der Waals surface area contributed by atoms with Gasteiger partial charge in [0.25, 0.3) is 0 Å². The van der Waals surface area contributed by atoms with Gasteiger partial charge in [0.1, 0.15) is 17.4 Å². The van der Waals surface area contributed by atoms with Crippen molar-refractivity contribution in [3.63, 3.8) is 0 Å². The molecular formula is C27H34F4OSi. The highest BCUT2D eigenvalue weighted by atomic mass is 28.1. The third kappa shape index (κ3) is 5.64. The van der Waals surface area contributed by atoms with E-state index >= 15 is 0 Å². The van der Waals surface area contributed by atoms with Crippen molar-refractivity contribution < 1.29 is 22.3 Å². The zero-order chi connectivity index (χ0) is 23.6. The summed E-state index contributed by atoms with van der Waals surface area (Å²) in [6, 6.07) is 9.27. The minimum atomic E-state index is -3.68. The van der Waals surface area contributed by atoms with Gasteiger partial charge in [-0.05, 0) is 86.8 Å². The fourth-order valence-electron chi connectivity index (χ4n) is 5.83. The Morgan fingerprint density at radius 1 is 0.848 bits per heavy atom. The van der Waals surface area contributed by atoms with Crippen molar-refractivity contribution in [2.45, 2.75) is 76.4 Å². The fraction of sp³-hybridized carbons (Fsp3) is 0.556. The zero-order valence-corrected chi connectivity index (χ0v) is 21.6. The monoisotopic (exact) mass is 478 g/mol. The average Bonchev–Trinajstić information content (AvgIpc) is 2.82. The largest absolute Gasteiger partial charge is 0.429 e. The van der Waals surface area contributed by atoms with E-state index < -0.39 is 23.5 Å². The third-order valence-electron chi connectivity index (χ3n) is 8.13. The Bertz CT molecular complexity index is 907. The molecule has 0 amide bonds. The highest BCUT2D eigenvalue weighted by molar-refractivity contribution is 6.08. The van der Waals surface area contributed by atoms with Crippen LogP contribution in [-0.2, 0) is 6.11 Å². The quantitative estimate of drug-likeness (QED) is 0.313. The molecule has 2 aliphatic rings. The van der Waals surface area contributed by atoms with Crippen LogP contribution in [0.1, 0.15) is 74.0 Å². The molecule has 0 spiro atoms. The number of hydrogen-bond donors (Lipinski definition) is 0. The predicted octanol–water partition coefficient (Wildman–Crippen LogP) is 7.27. The van der Waals surface area contributed by atoms with E-state index in [2.05, 4.69) is 4.74 Å². The minimum Gasteiger partial charge on any atom is -0.429 e. The van der Waals surface area contributed by atoms with Gasteiger partial charge in [-0.15, -0.1) is 0 Å². The molecule has 0 aliphatic heterocycles. The molecule has 33 heavy (non-hydrogen) atoms. The first kappa shape index (κ1) is 24.3. The van der Waals surface area contributed by atoms with E-state index in [1.54, 1.807) is 12.1 Å². The molecule has 6 heteroatoms. The molecule has 0 N–H and O–H groups in total. The molecule has 0 unspecified atom stereocenters. The van der Waals surface area contributed by atoms with Crippen molar-refractivity contribution in [1.82, 2.24) is 0 Å². The summed E-state index contributed by atoms with van der Waals surface area (Å²) in [7, 11) is 1.32. The standard InChI is InChI=1S/C27H34F4OSi/c1-17-25(28)14-24(15-26(17)29)32-27(30,31)23-12-10-22(11-13-23)21-8-6-20(7-9-21)19-4-2-18(16-33)3-5-19/h10-15,18-21H,2-9,16H2,1,33H3. The van der Waals surface area contributed by atoms with E-state index in [4.69, 9.17) is 0 Å². The summed E-state index contributed by atoms with van der Waals surface area (Å²) in [4.78, 5) is 0. The van der Waals surface area contributed by atoms with Crippen LogP contribution in [-0.4, -0.2) is 10.2 Å². The summed E-state index contributed by atoms with van der Waals surface area (Å²) in [6.07, 6.45) is 6.60. The van der Waals surface area contributed by atoms with Crippen molar-refractivity contribution in [2.24, 2.45) is 17.8 Å². The molecule has 180 valence electrons. The molecule has 1 nitrogen and oxygen atoms in total. The first-order chi connectivity index (χ1) is 15.8. The lowest BCUT2D eigenvalue weighted by atomic mass is 9.68. The van der Waals surface area contributed by atoms with Crippen LogP contribution in [0.4, 0.5) is 17.6 Å². The molecule has 2 aromatic rings. The van der Waals surface area contributed by atoms with E-state index in [1.807, 2.05) is 0 Å². The summed E-state index contributed by atoms with van der Waals surface area (Å²) in [5.74, 6) is 0.738. The van der Waals surface area contributed by atoms with Crippen molar-refractivity contribution in [3.8, 4) is 5.75 Å². The van der Waals surface area contributed by atoms with Crippen LogP contribution in [0, 0.1) is 36.3 Å². The normalized spacial score (nSPS) is 26.3. The topological polar surface area (TPSA) is 9.23 Å². The molecule has 4 rings (SSSR count). The van der Waals surface area contributed by atoms with Crippen LogP contribution >= 0.6 is 0 Å². The number of hydrogen-bond acceptors (Lipinski definition) is 1. The van der Waals surface area contributed by atoms with Gasteiger partial charge in [-0.2, -0.15) is 8.78 Å². The summed E-state index contributed by atoms with van der Waals surface area (Å²) >= 11 is 0. The maximum absolute atomic E-state index is 14.6. The van der Waals surface area contributed by atoms with E-state index in [0.29, 0.717) is 5.92 Å². The maximum Gasteiger partial charge on any atom is 0.426 e. The first-order valence-corrected chi connectivity index (χ1v) is 13.8. The Morgan fingerprint density at radius 2 is 1.36 bits per heavy atom. The second kappa shape index (κ2) is 10.2. The lowest BCUT2D eigenvalue weighted by Gasteiger charge is -2.38. The third-order valence-corrected chi connectivity index (χ3v) is 9.28. The highest BCUT2D eigenvalue weighted by Crippen LogP contribution is 2.44. The lowest BCUT2D eigenvalue weighted by molar-refractivity contribution is -0.185. The fourth-order valence-corrected chi connectivity index (χ4v) is 6.65. The smallest absolute Gasteiger partial charge is 0.426 e. The summed E-state index contributed by atoms with van der Waals surface area (Å²) in [5, 5.41) is 0. The van der Waals surface area contributed by atoms with Crippen molar-refractivity contribution in [2.75, 3.05) is 0 Å². The molecule has 2 aliphatic carbocycles. The number of rotatable bonds is 6. The van der Waals surface area contributed by atoms with Gasteiger partial charge in [-0.25, -0.2) is 8.78 Å². The maximum atomic E-state index is 14.6. The Morgan fingerprint density at radius 3 is 1.88 bits per heavy atom. The van der Waals surface area contributed by atoms with Crippen LogP contribution in [0.2, 0.25) is 6.04 Å². The second-order valence-electron chi connectivity index (χ2n) is 10.1. The van der Waals surface area contributed by atoms with Gasteiger partial charge in [-0.1, -0.05) is 31.0 Å². The number of alkyl halides is 2. The van der Waals surface area contributed by atoms with E-state index in [-0.39, 0.29) is 11.1 Å². The molecule has 2 aromatic carbocycles. The van der Waals surface area contributed by atoms with Crippen LogP contribution in [0.25, 0.3) is 0 Å². The lowest BCUT2D eigenvalue weighted by Crippen LogP contribution is -2.25. The molecule has 2 fully saturated rings. The Kier molecular flexibility index (Phi) is 7.52. The molecule has 0 aromatic heterocycles. The Hall–Kier alpha value is -1.82. The van der Waals surface area contributed by atoms with Crippen LogP contribution < -0.4 is 4.74 Å². The van der Waals surface area contributed by atoms with Gasteiger partial charge in [0.15, 0.2) is 0 Å². The number of halogens is 4. The highest BCUT2D eigenvalue weighted by Gasteiger charge is 2.36. The van der Waals surface area contributed by atoms with Gasteiger partial charge in [-0.3, -0.25) is 0 Å². The molecule has 0 saturated heterocycles. The first-order valence-electron chi connectivity index (χ1n) is 12.4. The van der Waals surface area contributed by atoms with Gasteiger partial charge in [0.2, 0.25) is 0 Å². The molecule has 0 bridgehead atoms. The molecule has 2 saturated carbocycles. The van der Waals surface area contributed by atoms with Gasteiger partial charge >= 0.3 is 6.11 Å². The van der Waals surface area contributed by atoms with Crippen LogP contribution in [0.5, 0.6) is 5.75 Å². The average molecular weight is 479 g/mol. The summed E-state index contributed by atoms with van der Waals surface area (Å²) < 4.78 is 61.3. The molecule has 0 radical (unpaired) electrons. The van der Waals surface area contributed by atoms with Crippen molar-refractivity contribution in [1.29, 1.82) is 0 Å². The minimum absolute atomic E-state index is 0.222. The Labute approximate surface area is 197 Å². The SMILES string of the molecule is Cc1c(F)cc(OC(F)(F)c2ccc(C3CCC(C4CCC(C[SiH3])CC4)CC3)cc2)cc1F. The molecule has 0 atom stereocenters. The number of ether oxygens (including phenoxy) is 1. The van der Waals surface area contributed by atoms with Crippen LogP contribution in [0.3, 0.4) is 0 Å². The summed E-state index contributed by atoms with van der Waals surface area (Å²) in [5.41, 5.74) is 0.539. The van der Waals surface area contributed by atoms with Gasteiger partial charge < -0.3 is 4.74 Å². The predicted molar refractivity (Wildman–Crippen MR) is 127 cm³/mol. The van der Waals surface area contributed by atoms with E-state index in [9.17, 15) is 17.6 Å².